The molecule has 0 bridgehead atoms. The first-order valence-electron chi connectivity index (χ1n) is 4.51. The molecule has 0 spiro atoms. The summed E-state index contributed by atoms with van der Waals surface area (Å²) in [6, 6.07) is 0. The Bertz CT molecular complexity index is 115. The number of hydrogen-bond donors (Lipinski definition) is 2. The Balaban J connectivity index is 3.60. The van der Waals surface area contributed by atoms with Crippen molar-refractivity contribution in [3.63, 3.8) is 0 Å². The summed E-state index contributed by atoms with van der Waals surface area (Å²) in [4.78, 5) is 2.21. The van der Waals surface area contributed by atoms with Crippen molar-refractivity contribution in [3.05, 3.63) is 0 Å². The van der Waals surface area contributed by atoms with Crippen molar-refractivity contribution in [1.29, 1.82) is 0 Å². The topological polar surface area (TPSA) is 49.5 Å². The number of rotatable bonds is 6. The molecule has 0 rings (SSSR count). The van der Waals surface area contributed by atoms with E-state index in [9.17, 15) is 0 Å². The Morgan fingerprint density at radius 3 is 2.42 bits per heavy atom. The second kappa shape index (κ2) is 5.51. The third kappa shape index (κ3) is 5.52. The average Bonchev–Trinajstić information content (AvgIpc) is 2.00. The Hall–Kier alpha value is -0.120. The Labute approximate surface area is 75.6 Å². The normalized spacial score (nSPS) is 12.5. The zero-order valence-corrected chi connectivity index (χ0v) is 8.51. The van der Waals surface area contributed by atoms with Crippen LogP contribution < -0.4 is 5.73 Å². The zero-order chi connectivity index (χ0) is 9.61. The molecular weight excluding hydrogens is 152 g/mol. The highest BCUT2D eigenvalue weighted by Gasteiger charge is 2.17. The van der Waals surface area contributed by atoms with Crippen molar-refractivity contribution in [2.75, 3.05) is 33.3 Å². The molecule has 0 saturated carbocycles. The van der Waals surface area contributed by atoms with Gasteiger partial charge in [-0.1, -0.05) is 13.8 Å². The first kappa shape index (κ1) is 11.9. The number of aliphatic hydroxyl groups excluding tert-OH is 1. The van der Waals surface area contributed by atoms with Crippen molar-refractivity contribution in [2.45, 2.75) is 20.3 Å². The van der Waals surface area contributed by atoms with Crippen LogP contribution in [0.3, 0.4) is 0 Å². The highest BCUT2D eigenvalue weighted by atomic mass is 16.3. The van der Waals surface area contributed by atoms with E-state index in [1.54, 1.807) is 0 Å². The van der Waals surface area contributed by atoms with Crippen molar-refractivity contribution in [1.82, 2.24) is 4.90 Å². The van der Waals surface area contributed by atoms with Gasteiger partial charge in [0.1, 0.15) is 0 Å². The SMILES string of the molecule is CN(CCCO)CC(C)(C)CN. The van der Waals surface area contributed by atoms with Crippen molar-refractivity contribution < 1.29 is 5.11 Å². The molecule has 0 heterocycles. The molecule has 0 saturated heterocycles. The van der Waals surface area contributed by atoms with Crippen LogP contribution in [0, 0.1) is 5.41 Å². The highest BCUT2D eigenvalue weighted by molar-refractivity contribution is 4.72. The van der Waals surface area contributed by atoms with E-state index in [0.717, 1.165) is 19.5 Å². The molecular formula is C9H22N2O. The van der Waals surface area contributed by atoms with Gasteiger partial charge >= 0.3 is 0 Å². The van der Waals surface area contributed by atoms with Crippen LogP contribution in [0.2, 0.25) is 0 Å². The van der Waals surface area contributed by atoms with Gasteiger partial charge in [0.05, 0.1) is 0 Å². The number of nitrogens with zero attached hydrogens (tertiary/aromatic N) is 1. The van der Waals surface area contributed by atoms with Gasteiger partial charge in [-0.2, -0.15) is 0 Å². The summed E-state index contributed by atoms with van der Waals surface area (Å²) in [6.45, 7) is 7.22. The minimum atomic E-state index is 0.185. The molecule has 12 heavy (non-hydrogen) atoms. The second-order valence-electron chi connectivity index (χ2n) is 4.18. The third-order valence-electron chi connectivity index (χ3n) is 1.95. The molecule has 0 aliphatic rings. The molecule has 3 N–H and O–H groups in total. The van der Waals surface area contributed by atoms with Crippen LogP contribution in [0.15, 0.2) is 0 Å². The van der Waals surface area contributed by atoms with E-state index in [2.05, 4.69) is 25.8 Å². The molecule has 0 fully saturated rings. The fourth-order valence-corrected chi connectivity index (χ4v) is 1.21. The molecule has 0 amide bonds. The monoisotopic (exact) mass is 174 g/mol. The molecule has 74 valence electrons. The lowest BCUT2D eigenvalue weighted by Crippen LogP contribution is -2.37. The maximum absolute atomic E-state index is 8.62. The lowest BCUT2D eigenvalue weighted by molar-refractivity contribution is 0.194. The summed E-state index contributed by atoms with van der Waals surface area (Å²) in [5.41, 5.74) is 5.79. The molecule has 0 unspecified atom stereocenters. The maximum atomic E-state index is 8.62. The van der Waals surface area contributed by atoms with Crippen LogP contribution in [-0.4, -0.2) is 43.3 Å². The number of nitrogens with two attached hydrogens (primary N) is 1. The van der Waals surface area contributed by atoms with Gasteiger partial charge in [0.2, 0.25) is 0 Å². The van der Waals surface area contributed by atoms with Gasteiger partial charge in [-0.15, -0.1) is 0 Å². The third-order valence-corrected chi connectivity index (χ3v) is 1.95. The minimum absolute atomic E-state index is 0.185. The predicted octanol–water partition coefficient (Wildman–Crippen LogP) is 0.285. The van der Waals surface area contributed by atoms with E-state index in [4.69, 9.17) is 10.8 Å². The van der Waals surface area contributed by atoms with Crippen LogP contribution in [0.25, 0.3) is 0 Å². The van der Waals surface area contributed by atoms with Gasteiger partial charge in [-0.25, -0.2) is 0 Å². The first-order chi connectivity index (χ1) is 5.52. The Morgan fingerprint density at radius 1 is 1.42 bits per heavy atom. The van der Waals surface area contributed by atoms with Gasteiger partial charge in [0, 0.05) is 19.7 Å². The summed E-state index contributed by atoms with van der Waals surface area (Å²) < 4.78 is 0. The van der Waals surface area contributed by atoms with Gasteiger partial charge in [-0.05, 0) is 25.4 Å². The van der Waals surface area contributed by atoms with Gasteiger partial charge in [0.25, 0.3) is 0 Å². The molecule has 0 radical (unpaired) electrons. The standard InChI is InChI=1S/C9H22N2O/c1-9(2,7-10)8-11(3)5-4-6-12/h12H,4-8,10H2,1-3H3. The van der Waals surface area contributed by atoms with E-state index in [0.29, 0.717) is 6.54 Å². The summed E-state index contributed by atoms with van der Waals surface area (Å²) in [6.07, 6.45) is 0.844. The van der Waals surface area contributed by atoms with Gasteiger partial charge < -0.3 is 15.7 Å². The number of aliphatic hydroxyl groups is 1. The van der Waals surface area contributed by atoms with Crippen molar-refractivity contribution >= 4 is 0 Å². The molecule has 0 aliphatic heterocycles. The fraction of sp³-hybridized carbons (Fsp3) is 1.00. The highest BCUT2D eigenvalue weighted by Crippen LogP contribution is 2.13. The van der Waals surface area contributed by atoms with E-state index in [1.165, 1.54) is 0 Å². The van der Waals surface area contributed by atoms with E-state index in [1.807, 2.05) is 0 Å². The molecule has 0 aromatic heterocycles. The van der Waals surface area contributed by atoms with Crippen molar-refractivity contribution in [2.24, 2.45) is 11.1 Å². The molecule has 0 aromatic carbocycles. The first-order valence-corrected chi connectivity index (χ1v) is 4.51. The minimum Gasteiger partial charge on any atom is -0.396 e. The van der Waals surface area contributed by atoms with E-state index >= 15 is 0 Å². The Kier molecular flexibility index (Phi) is 5.46. The summed E-state index contributed by atoms with van der Waals surface area (Å²) >= 11 is 0. The predicted molar refractivity (Wildman–Crippen MR) is 52.0 cm³/mol. The lowest BCUT2D eigenvalue weighted by Gasteiger charge is -2.28. The summed E-state index contributed by atoms with van der Waals surface area (Å²) in [5.74, 6) is 0. The van der Waals surface area contributed by atoms with E-state index < -0.39 is 0 Å². The fourth-order valence-electron chi connectivity index (χ4n) is 1.21. The Morgan fingerprint density at radius 2 is 2.00 bits per heavy atom. The van der Waals surface area contributed by atoms with Gasteiger partial charge in [-0.3, -0.25) is 0 Å². The zero-order valence-electron chi connectivity index (χ0n) is 8.51. The molecule has 0 atom stereocenters. The molecule has 0 aromatic rings. The molecule has 3 heteroatoms. The van der Waals surface area contributed by atoms with Crippen LogP contribution in [-0.2, 0) is 0 Å². The van der Waals surface area contributed by atoms with Crippen molar-refractivity contribution in [3.8, 4) is 0 Å². The molecule has 0 aliphatic carbocycles. The molecule has 3 nitrogen and oxygen atoms in total. The smallest absolute Gasteiger partial charge is 0.0443 e. The summed E-state index contributed by atoms with van der Waals surface area (Å²) in [5, 5.41) is 8.62. The lowest BCUT2D eigenvalue weighted by atomic mass is 9.93. The van der Waals surface area contributed by atoms with Gasteiger partial charge in [0.15, 0.2) is 0 Å². The maximum Gasteiger partial charge on any atom is 0.0443 e. The number of hydrogen-bond acceptors (Lipinski definition) is 3. The summed E-state index contributed by atoms with van der Waals surface area (Å²) in [7, 11) is 2.06. The van der Waals surface area contributed by atoms with Crippen LogP contribution in [0.5, 0.6) is 0 Å². The van der Waals surface area contributed by atoms with Crippen LogP contribution >= 0.6 is 0 Å². The quantitative estimate of drug-likeness (QED) is 0.608. The second-order valence-corrected chi connectivity index (χ2v) is 4.18. The van der Waals surface area contributed by atoms with Crippen LogP contribution in [0.1, 0.15) is 20.3 Å². The van der Waals surface area contributed by atoms with Crippen LogP contribution in [0.4, 0.5) is 0 Å². The van der Waals surface area contributed by atoms with E-state index in [-0.39, 0.29) is 12.0 Å². The average molecular weight is 174 g/mol. The largest absolute Gasteiger partial charge is 0.396 e.